The zero-order valence-electron chi connectivity index (χ0n) is 12.0. The largest absolute Gasteiger partial charge is 0.303 e. The van der Waals surface area contributed by atoms with Crippen LogP contribution in [0.5, 0.6) is 0 Å². The highest BCUT2D eigenvalue weighted by Gasteiger charge is 2.23. The second-order valence-electron chi connectivity index (χ2n) is 5.73. The third kappa shape index (κ3) is 2.82. The Morgan fingerprint density at radius 3 is 2.65 bits per heavy atom. The lowest BCUT2D eigenvalue weighted by atomic mass is 10.0. The molecule has 2 aromatic carbocycles. The van der Waals surface area contributed by atoms with E-state index in [4.69, 9.17) is 0 Å². The number of nitrogens with one attached hydrogen (secondary N) is 1. The van der Waals surface area contributed by atoms with Crippen LogP contribution in [0.15, 0.2) is 46.9 Å². The Morgan fingerprint density at radius 1 is 1.15 bits per heavy atom. The summed E-state index contributed by atoms with van der Waals surface area (Å²) in [5, 5.41) is 3.78. The van der Waals surface area contributed by atoms with Gasteiger partial charge in [-0.1, -0.05) is 51.8 Å². The summed E-state index contributed by atoms with van der Waals surface area (Å²) in [4.78, 5) is 0. The van der Waals surface area contributed by atoms with Gasteiger partial charge in [-0.2, -0.15) is 0 Å². The fourth-order valence-corrected chi connectivity index (χ4v) is 3.31. The molecule has 104 valence electrons. The number of hydrogen-bond acceptors (Lipinski definition) is 1. The van der Waals surface area contributed by atoms with Gasteiger partial charge in [0.05, 0.1) is 0 Å². The molecular weight excluding hydrogens is 310 g/mol. The van der Waals surface area contributed by atoms with Crippen LogP contribution in [0, 0.1) is 6.92 Å². The van der Waals surface area contributed by atoms with Crippen LogP contribution in [-0.4, -0.2) is 0 Å². The van der Waals surface area contributed by atoms with E-state index in [1.54, 1.807) is 0 Å². The van der Waals surface area contributed by atoms with Gasteiger partial charge in [-0.15, -0.1) is 0 Å². The Balaban J connectivity index is 1.76. The fraction of sp³-hybridized carbons (Fsp3) is 0.333. The number of halogens is 1. The van der Waals surface area contributed by atoms with Gasteiger partial charge in [0.25, 0.3) is 0 Å². The summed E-state index contributed by atoms with van der Waals surface area (Å²) < 4.78 is 1.13. The predicted octanol–water partition coefficient (Wildman–Crippen LogP) is 5.10. The molecule has 0 aliphatic heterocycles. The van der Waals surface area contributed by atoms with Crippen LogP contribution in [0.4, 0.5) is 0 Å². The van der Waals surface area contributed by atoms with Gasteiger partial charge < -0.3 is 5.32 Å². The average Bonchev–Trinajstić information content (AvgIpc) is 2.82. The van der Waals surface area contributed by atoms with E-state index in [0.29, 0.717) is 12.1 Å². The maximum absolute atomic E-state index is 3.78. The molecule has 1 aliphatic carbocycles. The minimum Gasteiger partial charge on any atom is -0.303 e. The Bertz CT molecular complexity index is 603. The zero-order chi connectivity index (χ0) is 14.1. The van der Waals surface area contributed by atoms with Crippen molar-refractivity contribution in [2.75, 3.05) is 0 Å². The van der Waals surface area contributed by atoms with E-state index < -0.39 is 0 Å². The summed E-state index contributed by atoms with van der Waals surface area (Å²) in [6.07, 6.45) is 2.40. The molecular formula is C18H20BrN. The van der Waals surface area contributed by atoms with Crippen molar-refractivity contribution < 1.29 is 0 Å². The van der Waals surface area contributed by atoms with Gasteiger partial charge in [0.1, 0.15) is 0 Å². The van der Waals surface area contributed by atoms with E-state index in [2.05, 4.69) is 77.6 Å². The summed E-state index contributed by atoms with van der Waals surface area (Å²) >= 11 is 3.49. The molecule has 0 spiro atoms. The van der Waals surface area contributed by atoms with Crippen molar-refractivity contribution in [3.05, 3.63) is 69.2 Å². The zero-order valence-corrected chi connectivity index (χ0v) is 13.6. The van der Waals surface area contributed by atoms with Crippen LogP contribution >= 0.6 is 15.9 Å². The Hall–Kier alpha value is -1.12. The molecule has 2 aromatic rings. The molecule has 20 heavy (non-hydrogen) atoms. The fourth-order valence-electron chi connectivity index (χ4n) is 3.04. The molecule has 0 aromatic heterocycles. The normalized spacial score (nSPS) is 18.9. The summed E-state index contributed by atoms with van der Waals surface area (Å²) in [7, 11) is 0. The van der Waals surface area contributed by atoms with Gasteiger partial charge in [0, 0.05) is 16.6 Å². The van der Waals surface area contributed by atoms with Gasteiger partial charge in [-0.05, 0) is 55.5 Å². The monoisotopic (exact) mass is 329 g/mol. The van der Waals surface area contributed by atoms with Crippen molar-refractivity contribution in [3.63, 3.8) is 0 Å². The molecule has 0 saturated carbocycles. The Kier molecular flexibility index (Phi) is 3.95. The molecule has 0 heterocycles. The SMILES string of the molecule is Cc1ccc2c(c1)C(N[C@@H](C)c1ccc(Br)cc1)CC2. The predicted molar refractivity (Wildman–Crippen MR) is 87.9 cm³/mol. The molecule has 1 nitrogen and oxygen atoms in total. The second kappa shape index (κ2) is 5.71. The number of hydrogen-bond donors (Lipinski definition) is 1. The molecule has 0 amide bonds. The first-order valence-corrected chi connectivity index (χ1v) is 8.04. The highest BCUT2D eigenvalue weighted by atomic mass is 79.9. The number of aryl methyl sites for hydroxylation is 2. The molecule has 2 heteroatoms. The van der Waals surface area contributed by atoms with Crippen molar-refractivity contribution in [3.8, 4) is 0 Å². The van der Waals surface area contributed by atoms with Gasteiger partial charge in [-0.25, -0.2) is 0 Å². The van der Waals surface area contributed by atoms with Crippen molar-refractivity contribution >= 4 is 15.9 Å². The molecule has 0 bridgehead atoms. The van der Waals surface area contributed by atoms with Crippen LogP contribution in [0.2, 0.25) is 0 Å². The van der Waals surface area contributed by atoms with E-state index in [-0.39, 0.29) is 0 Å². The van der Waals surface area contributed by atoms with E-state index in [0.717, 1.165) is 4.47 Å². The molecule has 0 saturated heterocycles. The van der Waals surface area contributed by atoms with Crippen molar-refractivity contribution in [2.24, 2.45) is 0 Å². The standard InChI is InChI=1S/C18H20BrN/c1-12-3-4-15-7-10-18(17(15)11-12)20-13(2)14-5-8-16(19)9-6-14/h3-6,8-9,11,13,18,20H,7,10H2,1-2H3/t13-,18?/m0/s1. The van der Waals surface area contributed by atoms with Gasteiger partial charge >= 0.3 is 0 Å². The van der Waals surface area contributed by atoms with Crippen molar-refractivity contribution in [1.82, 2.24) is 5.32 Å². The maximum atomic E-state index is 3.78. The highest BCUT2D eigenvalue weighted by Crippen LogP contribution is 2.33. The number of benzene rings is 2. The molecule has 1 unspecified atom stereocenters. The molecule has 2 atom stereocenters. The van der Waals surface area contributed by atoms with Crippen LogP contribution in [0.1, 0.15) is 47.7 Å². The van der Waals surface area contributed by atoms with E-state index >= 15 is 0 Å². The molecule has 1 aliphatic rings. The van der Waals surface area contributed by atoms with Gasteiger partial charge in [-0.3, -0.25) is 0 Å². The van der Waals surface area contributed by atoms with E-state index in [1.807, 2.05) is 0 Å². The smallest absolute Gasteiger partial charge is 0.0331 e. The van der Waals surface area contributed by atoms with Crippen molar-refractivity contribution in [2.45, 2.75) is 38.8 Å². The summed E-state index contributed by atoms with van der Waals surface area (Å²) in [6.45, 7) is 4.42. The first-order chi connectivity index (χ1) is 9.63. The van der Waals surface area contributed by atoms with Crippen LogP contribution < -0.4 is 5.32 Å². The molecule has 1 N–H and O–H groups in total. The summed E-state index contributed by atoms with van der Waals surface area (Å²) in [5.41, 5.74) is 5.70. The van der Waals surface area contributed by atoms with Crippen molar-refractivity contribution in [1.29, 1.82) is 0 Å². The minimum absolute atomic E-state index is 0.375. The summed E-state index contributed by atoms with van der Waals surface area (Å²) in [6, 6.07) is 16.3. The quantitative estimate of drug-likeness (QED) is 0.826. The third-order valence-electron chi connectivity index (χ3n) is 4.20. The average molecular weight is 330 g/mol. The number of fused-ring (bicyclic) bond motifs is 1. The lowest BCUT2D eigenvalue weighted by molar-refractivity contribution is 0.465. The van der Waals surface area contributed by atoms with Gasteiger partial charge in [0.15, 0.2) is 0 Å². The first kappa shape index (κ1) is 13.8. The summed E-state index contributed by atoms with van der Waals surface area (Å²) in [5.74, 6) is 0. The van der Waals surface area contributed by atoms with Crippen LogP contribution in [-0.2, 0) is 6.42 Å². The lowest BCUT2D eigenvalue weighted by Crippen LogP contribution is -2.23. The highest BCUT2D eigenvalue weighted by molar-refractivity contribution is 9.10. The Morgan fingerprint density at radius 2 is 1.90 bits per heavy atom. The first-order valence-electron chi connectivity index (χ1n) is 7.24. The van der Waals surface area contributed by atoms with Crippen LogP contribution in [0.3, 0.4) is 0 Å². The van der Waals surface area contributed by atoms with Gasteiger partial charge in [0.2, 0.25) is 0 Å². The van der Waals surface area contributed by atoms with E-state index in [1.165, 1.54) is 35.1 Å². The number of rotatable bonds is 3. The van der Waals surface area contributed by atoms with Crippen LogP contribution in [0.25, 0.3) is 0 Å². The lowest BCUT2D eigenvalue weighted by Gasteiger charge is -2.21. The molecule has 0 fully saturated rings. The third-order valence-corrected chi connectivity index (χ3v) is 4.73. The Labute approximate surface area is 129 Å². The molecule has 0 radical (unpaired) electrons. The second-order valence-corrected chi connectivity index (χ2v) is 6.65. The van der Waals surface area contributed by atoms with E-state index in [9.17, 15) is 0 Å². The topological polar surface area (TPSA) is 12.0 Å². The minimum atomic E-state index is 0.375. The molecule has 3 rings (SSSR count). The maximum Gasteiger partial charge on any atom is 0.0331 e.